The first-order valence-electron chi connectivity index (χ1n) is 33.1. The maximum absolute atomic E-state index is 13.0. The molecule has 0 aliphatic carbocycles. The third-order valence-electron chi connectivity index (χ3n) is 15.3. The molecule has 1 saturated heterocycles. The molecule has 11 nitrogen and oxygen atoms in total. The number of ether oxygens (including phenoxy) is 3. The number of allylic oxidation sites excluding steroid dienone is 9. The van der Waals surface area contributed by atoms with E-state index in [1.165, 1.54) is 193 Å². The van der Waals surface area contributed by atoms with E-state index in [1.807, 2.05) is 6.08 Å². The topological polar surface area (TPSA) is 175 Å². The Labute approximate surface area is 484 Å². The van der Waals surface area contributed by atoms with Crippen LogP contribution in [0, 0.1) is 0 Å². The highest BCUT2D eigenvalue weighted by Gasteiger charge is 2.44. The fraction of sp³-hybridized carbons (Fsp3) is 0.824. The van der Waals surface area contributed by atoms with Crippen LogP contribution in [0.15, 0.2) is 60.8 Å². The second kappa shape index (κ2) is 57.2. The van der Waals surface area contributed by atoms with Gasteiger partial charge in [0.15, 0.2) is 6.29 Å². The highest BCUT2D eigenvalue weighted by atomic mass is 16.7. The summed E-state index contributed by atoms with van der Waals surface area (Å²) in [5.74, 6) is -0.206. The fourth-order valence-electron chi connectivity index (χ4n) is 10.1. The van der Waals surface area contributed by atoms with Gasteiger partial charge in [0.1, 0.15) is 24.4 Å². The maximum Gasteiger partial charge on any atom is 0.305 e. The van der Waals surface area contributed by atoms with Crippen molar-refractivity contribution in [1.82, 2.24) is 5.32 Å². The lowest BCUT2D eigenvalue weighted by Crippen LogP contribution is -2.60. The zero-order valence-corrected chi connectivity index (χ0v) is 50.8. The number of aliphatic hydroxyl groups is 5. The van der Waals surface area contributed by atoms with Gasteiger partial charge in [0.25, 0.3) is 0 Å². The van der Waals surface area contributed by atoms with E-state index in [2.05, 4.69) is 67.8 Å². The Balaban J connectivity index is 2.04. The molecule has 6 N–H and O–H groups in total. The largest absolute Gasteiger partial charge is 0.466 e. The van der Waals surface area contributed by atoms with Gasteiger partial charge in [-0.05, 0) is 96.3 Å². The van der Waals surface area contributed by atoms with Crippen molar-refractivity contribution in [2.45, 2.75) is 339 Å². The molecule has 0 aromatic heterocycles. The van der Waals surface area contributed by atoms with E-state index in [9.17, 15) is 35.1 Å². The van der Waals surface area contributed by atoms with Gasteiger partial charge in [0.05, 0.1) is 32.0 Å². The van der Waals surface area contributed by atoms with Gasteiger partial charge >= 0.3 is 5.97 Å². The summed E-state index contributed by atoms with van der Waals surface area (Å²) in [6.07, 6.45) is 64.8. The molecule has 7 atom stereocenters. The van der Waals surface area contributed by atoms with Gasteiger partial charge < -0.3 is 45.1 Å². The zero-order chi connectivity index (χ0) is 57.3. The molecule has 0 aromatic rings. The molecule has 7 unspecified atom stereocenters. The summed E-state index contributed by atoms with van der Waals surface area (Å²) in [5, 5.41) is 54.4. The first-order valence-corrected chi connectivity index (χ1v) is 33.1. The summed E-state index contributed by atoms with van der Waals surface area (Å²) < 4.78 is 16.7. The van der Waals surface area contributed by atoms with Crippen molar-refractivity contribution >= 4 is 11.9 Å². The standard InChI is InChI=1S/C68H123NO10/c1-3-5-7-9-11-13-15-31-35-38-42-46-50-54-61(71)60(59-78-68-67(76)66(75)65(74)62(58-70)79-68)69-63(72)55-51-47-43-39-36-32-29-27-25-23-21-19-17-16-18-20-22-24-26-28-30-33-37-41-45-49-53-57-77-64(73)56-52-48-44-40-34-14-12-10-8-6-4-2/h10,12,16-17,20,22,35,38,50,54,60-62,65-68,70-71,74-76H,3-9,11,13-15,18-19,21,23-34,36-37,39-49,51-53,55-59H2,1-2H3,(H,69,72)/b12-10-,17-16-,22-20-,38-35+,54-50+. The molecule has 0 spiro atoms. The lowest BCUT2D eigenvalue weighted by Gasteiger charge is -2.40. The van der Waals surface area contributed by atoms with E-state index >= 15 is 0 Å². The Hall–Kier alpha value is -2.64. The summed E-state index contributed by atoms with van der Waals surface area (Å²) in [6, 6.07) is -0.831. The molecule has 79 heavy (non-hydrogen) atoms. The second-order valence-electron chi connectivity index (χ2n) is 22.8. The van der Waals surface area contributed by atoms with Crippen molar-refractivity contribution in [3.05, 3.63) is 60.8 Å². The average molecular weight is 1110 g/mol. The van der Waals surface area contributed by atoms with E-state index in [4.69, 9.17) is 14.2 Å². The summed E-state index contributed by atoms with van der Waals surface area (Å²) in [6.45, 7) is 4.28. The Kier molecular flexibility index (Phi) is 53.8. The summed E-state index contributed by atoms with van der Waals surface area (Å²) >= 11 is 0. The molecule has 0 radical (unpaired) electrons. The molecule has 1 heterocycles. The molecule has 1 aliphatic rings. The normalized spacial score (nSPS) is 18.8. The highest BCUT2D eigenvalue weighted by Crippen LogP contribution is 2.23. The van der Waals surface area contributed by atoms with Crippen molar-refractivity contribution in [1.29, 1.82) is 0 Å². The van der Waals surface area contributed by atoms with Gasteiger partial charge in [0.2, 0.25) is 5.91 Å². The minimum atomic E-state index is -1.58. The lowest BCUT2D eigenvalue weighted by molar-refractivity contribution is -0.302. The number of nitrogens with one attached hydrogen (secondary N) is 1. The first kappa shape index (κ1) is 74.4. The summed E-state index contributed by atoms with van der Waals surface area (Å²) in [4.78, 5) is 25.1. The Morgan fingerprint density at radius 1 is 0.468 bits per heavy atom. The molecule has 0 aromatic carbocycles. The SMILES string of the molecule is CCCC/C=C\CCCCCCCC(=O)OCCCCCCCCCCC/C=C\C/C=C\CCCCCCCCCCCCCC(=O)NC(COC1OC(CO)C(O)C(O)C1O)C(O)/C=C/CC/C=C/CCCCCCCCC. The number of carbonyl (C=O) groups excluding carboxylic acids is 2. The number of aliphatic hydroxyl groups excluding tert-OH is 5. The Bertz CT molecular complexity index is 1500. The van der Waals surface area contributed by atoms with Gasteiger partial charge in [-0.25, -0.2) is 0 Å². The number of hydrogen-bond donors (Lipinski definition) is 6. The van der Waals surface area contributed by atoms with Crippen LogP contribution in [0.3, 0.4) is 0 Å². The number of unbranched alkanes of at least 4 members (excludes halogenated alkanes) is 35. The molecule has 1 rings (SSSR count). The van der Waals surface area contributed by atoms with Crippen LogP contribution in [0.25, 0.3) is 0 Å². The van der Waals surface area contributed by atoms with Gasteiger partial charge in [-0.3, -0.25) is 9.59 Å². The number of rotatable bonds is 57. The van der Waals surface area contributed by atoms with Crippen LogP contribution in [0.2, 0.25) is 0 Å². The van der Waals surface area contributed by atoms with Crippen LogP contribution >= 0.6 is 0 Å². The van der Waals surface area contributed by atoms with Crippen molar-refractivity contribution in [3.8, 4) is 0 Å². The molecular weight excluding hydrogens is 991 g/mol. The van der Waals surface area contributed by atoms with Crippen LogP contribution in [0.4, 0.5) is 0 Å². The third-order valence-corrected chi connectivity index (χ3v) is 15.3. The van der Waals surface area contributed by atoms with Crippen molar-refractivity contribution in [2.24, 2.45) is 0 Å². The van der Waals surface area contributed by atoms with Gasteiger partial charge in [-0.2, -0.15) is 0 Å². The van der Waals surface area contributed by atoms with Crippen molar-refractivity contribution < 1.29 is 49.3 Å². The second-order valence-corrected chi connectivity index (χ2v) is 22.8. The van der Waals surface area contributed by atoms with Crippen LogP contribution < -0.4 is 5.32 Å². The zero-order valence-electron chi connectivity index (χ0n) is 50.8. The number of carbonyl (C=O) groups is 2. The Morgan fingerprint density at radius 2 is 0.873 bits per heavy atom. The molecule has 0 bridgehead atoms. The van der Waals surface area contributed by atoms with Crippen LogP contribution in [0.5, 0.6) is 0 Å². The van der Waals surface area contributed by atoms with Crippen molar-refractivity contribution in [3.63, 3.8) is 0 Å². The van der Waals surface area contributed by atoms with Crippen LogP contribution in [-0.2, 0) is 23.8 Å². The predicted octanol–water partition coefficient (Wildman–Crippen LogP) is 16.2. The van der Waals surface area contributed by atoms with Gasteiger partial charge in [-0.1, -0.05) is 248 Å². The highest BCUT2D eigenvalue weighted by molar-refractivity contribution is 5.76. The van der Waals surface area contributed by atoms with Crippen LogP contribution in [0.1, 0.15) is 296 Å². The fourth-order valence-corrected chi connectivity index (χ4v) is 10.1. The maximum atomic E-state index is 13.0. The lowest BCUT2D eigenvalue weighted by atomic mass is 9.99. The number of esters is 1. The van der Waals surface area contributed by atoms with Crippen LogP contribution in [-0.4, -0.2) is 100 Å². The number of amides is 1. The number of hydrogen-bond acceptors (Lipinski definition) is 10. The molecule has 11 heteroatoms. The molecular formula is C68H123NO10. The Morgan fingerprint density at radius 3 is 1.37 bits per heavy atom. The molecule has 0 saturated carbocycles. The molecule has 1 aliphatic heterocycles. The minimum absolute atomic E-state index is 0.0109. The summed E-state index contributed by atoms with van der Waals surface area (Å²) in [7, 11) is 0. The average Bonchev–Trinajstić information content (AvgIpc) is 3.45. The smallest absolute Gasteiger partial charge is 0.305 e. The van der Waals surface area contributed by atoms with Gasteiger partial charge in [-0.15, -0.1) is 0 Å². The first-order chi connectivity index (χ1) is 38.7. The van der Waals surface area contributed by atoms with E-state index in [0.29, 0.717) is 19.4 Å². The van der Waals surface area contributed by atoms with E-state index in [-0.39, 0.29) is 18.5 Å². The quantitative estimate of drug-likeness (QED) is 0.0195. The minimum Gasteiger partial charge on any atom is -0.466 e. The molecule has 1 amide bonds. The van der Waals surface area contributed by atoms with Gasteiger partial charge in [0, 0.05) is 12.8 Å². The third kappa shape index (κ3) is 46.5. The summed E-state index contributed by atoms with van der Waals surface area (Å²) in [5.41, 5.74) is 0. The van der Waals surface area contributed by atoms with E-state index in [0.717, 1.165) is 77.0 Å². The predicted molar refractivity (Wildman–Crippen MR) is 329 cm³/mol. The molecule has 1 fully saturated rings. The molecule has 460 valence electrons. The van der Waals surface area contributed by atoms with E-state index < -0.39 is 49.5 Å². The van der Waals surface area contributed by atoms with E-state index in [1.54, 1.807) is 6.08 Å². The monoisotopic (exact) mass is 1110 g/mol. The van der Waals surface area contributed by atoms with Crippen molar-refractivity contribution in [2.75, 3.05) is 19.8 Å².